The minimum atomic E-state index is -0.703. The molecule has 34 heavy (non-hydrogen) atoms. The van der Waals surface area contributed by atoms with Crippen molar-refractivity contribution in [1.29, 1.82) is 0 Å². The van der Waals surface area contributed by atoms with Crippen molar-refractivity contribution in [1.82, 2.24) is 4.90 Å². The van der Waals surface area contributed by atoms with Crippen LogP contribution in [-0.4, -0.2) is 34.3 Å². The Hall–Kier alpha value is -3.44. The monoisotopic (exact) mass is 459 g/mol. The molecule has 0 aliphatic rings. The van der Waals surface area contributed by atoms with Crippen molar-refractivity contribution in [3.63, 3.8) is 0 Å². The van der Waals surface area contributed by atoms with Crippen molar-refractivity contribution in [2.24, 2.45) is 0 Å². The summed E-state index contributed by atoms with van der Waals surface area (Å²) in [4.78, 5) is 27.8. The van der Waals surface area contributed by atoms with Gasteiger partial charge in [0, 0.05) is 12.1 Å². The van der Waals surface area contributed by atoms with E-state index in [1.807, 2.05) is 6.07 Å². The number of para-hydroxylation sites is 1. The molecule has 2 unspecified atom stereocenters. The van der Waals surface area contributed by atoms with Crippen LogP contribution in [-0.2, 0) is 6.42 Å². The number of ketones is 1. The summed E-state index contributed by atoms with van der Waals surface area (Å²) in [5, 5.41) is 10.0. The molecule has 0 bridgehead atoms. The zero-order chi connectivity index (χ0) is 24.8. The van der Waals surface area contributed by atoms with Gasteiger partial charge in [-0.25, -0.2) is 4.79 Å². The zero-order valence-electron chi connectivity index (χ0n) is 20.5. The summed E-state index contributed by atoms with van der Waals surface area (Å²) in [6, 6.07) is 20.2. The predicted octanol–water partition coefficient (Wildman–Crippen LogP) is 6.14. The van der Waals surface area contributed by atoms with Crippen molar-refractivity contribution in [3.8, 4) is 11.5 Å². The van der Waals surface area contributed by atoms with E-state index in [1.165, 1.54) is 30.2 Å². The number of rotatable bonds is 9. The highest BCUT2D eigenvalue weighted by Crippen LogP contribution is 2.33. The third kappa shape index (κ3) is 5.72. The van der Waals surface area contributed by atoms with Gasteiger partial charge in [0.25, 0.3) is 0 Å². The normalized spacial score (nSPS) is 12.9. The van der Waals surface area contributed by atoms with E-state index in [4.69, 9.17) is 4.74 Å². The van der Waals surface area contributed by atoms with E-state index < -0.39 is 5.97 Å². The van der Waals surface area contributed by atoms with E-state index in [-0.39, 0.29) is 34.9 Å². The maximum atomic E-state index is 12.7. The number of aromatic hydroxyl groups is 1. The minimum absolute atomic E-state index is 0.0531. The molecule has 0 amide bonds. The lowest BCUT2D eigenvalue weighted by molar-refractivity contribution is 0.0729. The molecule has 3 rings (SSSR count). The number of carbonyl (C=O) groups excluding carboxylic acids is 2. The van der Waals surface area contributed by atoms with E-state index in [9.17, 15) is 14.7 Å². The summed E-state index contributed by atoms with van der Waals surface area (Å²) in [5.41, 5.74) is 3.75. The van der Waals surface area contributed by atoms with Crippen LogP contribution in [0, 0.1) is 6.92 Å². The second kappa shape index (κ2) is 11.1. The summed E-state index contributed by atoms with van der Waals surface area (Å²) in [5.74, 6) is -0.842. The summed E-state index contributed by atoms with van der Waals surface area (Å²) >= 11 is 0. The predicted molar refractivity (Wildman–Crippen MR) is 135 cm³/mol. The number of benzene rings is 3. The van der Waals surface area contributed by atoms with Gasteiger partial charge in [0.15, 0.2) is 5.78 Å². The molecule has 3 aromatic rings. The molecule has 0 radical (unpaired) electrons. The van der Waals surface area contributed by atoms with Crippen LogP contribution < -0.4 is 4.74 Å². The highest BCUT2D eigenvalue weighted by atomic mass is 16.5. The Labute approximate surface area is 202 Å². The molecule has 0 aliphatic heterocycles. The highest BCUT2D eigenvalue weighted by molar-refractivity contribution is 6.01. The molecule has 0 aromatic heterocycles. The van der Waals surface area contributed by atoms with Crippen LogP contribution in [0.4, 0.5) is 0 Å². The first-order chi connectivity index (χ1) is 16.2. The van der Waals surface area contributed by atoms with Gasteiger partial charge < -0.3 is 9.84 Å². The molecule has 5 nitrogen and oxygen atoms in total. The summed E-state index contributed by atoms with van der Waals surface area (Å²) in [6.07, 6.45) is 0.885. The molecule has 0 fully saturated rings. The molecule has 0 aliphatic carbocycles. The number of esters is 1. The van der Waals surface area contributed by atoms with Gasteiger partial charge in [0.1, 0.15) is 17.1 Å². The van der Waals surface area contributed by atoms with Gasteiger partial charge in [0.05, 0.1) is 5.56 Å². The van der Waals surface area contributed by atoms with Crippen LogP contribution in [0.3, 0.4) is 0 Å². The molecule has 0 saturated heterocycles. The van der Waals surface area contributed by atoms with Crippen LogP contribution in [0.5, 0.6) is 11.5 Å². The molecule has 1 N–H and O–H groups in total. The smallest absolute Gasteiger partial charge is 0.347 e. The Balaban J connectivity index is 1.90. The molecule has 178 valence electrons. The van der Waals surface area contributed by atoms with Gasteiger partial charge in [-0.2, -0.15) is 0 Å². The molecule has 0 spiro atoms. The fourth-order valence-electron chi connectivity index (χ4n) is 4.49. The number of phenols is 1. The van der Waals surface area contributed by atoms with Crippen LogP contribution >= 0.6 is 0 Å². The standard InChI is InChI=1S/C29H33NO4/c1-6-30(20(3)18-23-16-14-19(2)15-17-23)21(4)24-11-9-13-27(28(24)22(5)31)34-29(33)25-10-7-8-12-26(25)32/h7-17,20-21,32H,6,18H2,1-5H3. The minimum Gasteiger partial charge on any atom is -0.507 e. The van der Waals surface area contributed by atoms with Gasteiger partial charge in [-0.3, -0.25) is 9.69 Å². The van der Waals surface area contributed by atoms with Gasteiger partial charge in [-0.15, -0.1) is 0 Å². The first-order valence-corrected chi connectivity index (χ1v) is 11.7. The lowest BCUT2D eigenvalue weighted by atomic mass is 9.94. The second-order valence-electron chi connectivity index (χ2n) is 8.73. The number of aryl methyl sites for hydroxylation is 1. The van der Waals surface area contributed by atoms with Crippen LogP contribution in [0.1, 0.15) is 71.1 Å². The van der Waals surface area contributed by atoms with Gasteiger partial charge in [-0.1, -0.05) is 61.0 Å². The maximum absolute atomic E-state index is 12.7. The second-order valence-corrected chi connectivity index (χ2v) is 8.73. The van der Waals surface area contributed by atoms with E-state index in [1.54, 1.807) is 24.3 Å². The Bertz CT molecular complexity index is 1150. The number of Topliss-reactive ketones (excluding diaryl/α,β-unsaturated/α-hetero) is 1. The average molecular weight is 460 g/mol. The molecule has 5 heteroatoms. The number of hydrogen-bond acceptors (Lipinski definition) is 5. The van der Waals surface area contributed by atoms with E-state index >= 15 is 0 Å². The molecule has 3 aromatic carbocycles. The Morgan fingerprint density at radius 1 is 0.971 bits per heavy atom. The fraction of sp³-hybridized carbons (Fsp3) is 0.310. The van der Waals surface area contributed by atoms with Crippen LogP contribution in [0.15, 0.2) is 66.7 Å². The fourth-order valence-corrected chi connectivity index (χ4v) is 4.49. The van der Waals surface area contributed by atoms with E-state index in [2.05, 4.69) is 56.9 Å². The Kier molecular flexibility index (Phi) is 8.24. The molecular weight excluding hydrogens is 426 g/mol. The van der Waals surface area contributed by atoms with Crippen molar-refractivity contribution in [3.05, 3.63) is 94.5 Å². The summed E-state index contributed by atoms with van der Waals surface area (Å²) < 4.78 is 5.61. The van der Waals surface area contributed by atoms with E-state index in [0.717, 1.165) is 18.5 Å². The number of likely N-dealkylation sites (N-methyl/N-ethyl adjacent to an activating group) is 1. The molecule has 0 saturated carbocycles. The maximum Gasteiger partial charge on any atom is 0.347 e. The topological polar surface area (TPSA) is 66.8 Å². The highest BCUT2D eigenvalue weighted by Gasteiger charge is 2.26. The number of nitrogens with zero attached hydrogens (tertiary/aromatic N) is 1. The number of phenolic OH excluding ortho intramolecular Hbond substituents is 1. The summed E-state index contributed by atoms with van der Waals surface area (Å²) in [7, 11) is 0. The number of hydrogen-bond donors (Lipinski definition) is 1. The lowest BCUT2D eigenvalue weighted by Gasteiger charge is -2.35. The quantitative estimate of drug-likeness (QED) is 0.237. The van der Waals surface area contributed by atoms with Crippen LogP contribution in [0.2, 0.25) is 0 Å². The zero-order valence-corrected chi connectivity index (χ0v) is 20.5. The largest absolute Gasteiger partial charge is 0.507 e. The van der Waals surface area contributed by atoms with E-state index in [0.29, 0.717) is 5.56 Å². The SMILES string of the molecule is CCN(C(C)Cc1ccc(C)cc1)C(C)c1cccc(OC(=O)c2ccccc2O)c1C(C)=O. The number of carbonyl (C=O) groups is 2. The first-order valence-electron chi connectivity index (χ1n) is 11.7. The van der Waals surface area contributed by atoms with Gasteiger partial charge >= 0.3 is 5.97 Å². The van der Waals surface area contributed by atoms with Crippen LogP contribution in [0.25, 0.3) is 0 Å². The lowest BCUT2D eigenvalue weighted by Crippen LogP contribution is -2.37. The van der Waals surface area contributed by atoms with Crippen molar-refractivity contribution in [2.75, 3.05) is 6.54 Å². The average Bonchev–Trinajstić information content (AvgIpc) is 2.80. The Morgan fingerprint density at radius 2 is 1.65 bits per heavy atom. The molecular formula is C29H33NO4. The van der Waals surface area contributed by atoms with Crippen molar-refractivity contribution >= 4 is 11.8 Å². The summed E-state index contributed by atoms with van der Waals surface area (Å²) in [6.45, 7) is 10.7. The van der Waals surface area contributed by atoms with Gasteiger partial charge in [-0.05, 0) is 70.0 Å². The third-order valence-corrected chi connectivity index (χ3v) is 6.27. The van der Waals surface area contributed by atoms with Crippen molar-refractivity contribution in [2.45, 2.75) is 53.1 Å². The first kappa shape index (κ1) is 25.2. The molecule has 2 atom stereocenters. The number of ether oxygens (including phenoxy) is 1. The molecule has 0 heterocycles. The van der Waals surface area contributed by atoms with Gasteiger partial charge in [0.2, 0.25) is 0 Å². The van der Waals surface area contributed by atoms with Crippen molar-refractivity contribution < 1.29 is 19.4 Å². The Morgan fingerprint density at radius 3 is 2.26 bits per heavy atom. The third-order valence-electron chi connectivity index (χ3n) is 6.27.